The van der Waals surface area contributed by atoms with Gasteiger partial charge in [-0.05, 0) is 38.5 Å². The van der Waals surface area contributed by atoms with Gasteiger partial charge in [0.15, 0.2) is 5.96 Å². The first-order valence-electron chi connectivity index (χ1n) is 9.53. The number of nitrogens with zero attached hydrogens (tertiary/aromatic N) is 2. The molecule has 2 aliphatic rings. The van der Waals surface area contributed by atoms with E-state index >= 15 is 0 Å². The van der Waals surface area contributed by atoms with E-state index in [9.17, 15) is 0 Å². The van der Waals surface area contributed by atoms with E-state index in [0.29, 0.717) is 6.04 Å². The summed E-state index contributed by atoms with van der Waals surface area (Å²) < 4.78 is 5.43. The zero-order chi connectivity index (χ0) is 16.5. The maximum atomic E-state index is 5.43. The molecule has 1 aliphatic carbocycles. The van der Waals surface area contributed by atoms with Crippen molar-refractivity contribution in [1.29, 1.82) is 0 Å². The van der Waals surface area contributed by atoms with Crippen LogP contribution < -0.4 is 10.6 Å². The largest absolute Gasteiger partial charge is 0.379 e. The van der Waals surface area contributed by atoms with E-state index in [4.69, 9.17) is 9.73 Å². The van der Waals surface area contributed by atoms with Crippen LogP contribution in [0.1, 0.15) is 46.5 Å². The van der Waals surface area contributed by atoms with Gasteiger partial charge in [0, 0.05) is 32.2 Å². The van der Waals surface area contributed by atoms with Gasteiger partial charge in [-0.25, -0.2) is 0 Å². The Morgan fingerprint density at radius 1 is 1.25 bits per heavy atom. The van der Waals surface area contributed by atoms with Crippen LogP contribution in [0.25, 0.3) is 0 Å². The second kappa shape index (κ2) is 12.3. The Kier molecular flexibility index (Phi) is 11.3. The number of hydrogen-bond donors (Lipinski definition) is 2. The molecule has 0 aromatic heterocycles. The van der Waals surface area contributed by atoms with Gasteiger partial charge in [-0.15, -0.1) is 24.0 Å². The predicted octanol–water partition coefficient (Wildman–Crippen LogP) is 2.71. The van der Waals surface area contributed by atoms with Gasteiger partial charge in [-0.2, -0.15) is 0 Å². The molecule has 2 fully saturated rings. The molecule has 0 bridgehead atoms. The molecule has 0 amide bonds. The van der Waals surface area contributed by atoms with Crippen molar-refractivity contribution in [3.8, 4) is 0 Å². The van der Waals surface area contributed by atoms with Crippen molar-refractivity contribution >= 4 is 29.9 Å². The highest BCUT2D eigenvalue weighted by Crippen LogP contribution is 2.27. The lowest BCUT2D eigenvalue weighted by atomic mass is 9.82. The average Bonchev–Trinajstić information content (AvgIpc) is 2.58. The Labute approximate surface area is 165 Å². The molecular weight excluding hydrogens is 415 g/mol. The summed E-state index contributed by atoms with van der Waals surface area (Å²) in [5.74, 6) is 2.67. The van der Waals surface area contributed by atoms with Crippen LogP contribution in [0.15, 0.2) is 4.99 Å². The van der Waals surface area contributed by atoms with Crippen LogP contribution in [0.2, 0.25) is 0 Å². The van der Waals surface area contributed by atoms with Crippen molar-refractivity contribution in [2.24, 2.45) is 16.8 Å². The summed E-state index contributed by atoms with van der Waals surface area (Å²) in [6.45, 7) is 13.4. The fourth-order valence-electron chi connectivity index (χ4n) is 3.68. The maximum Gasteiger partial charge on any atom is 0.191 e. The minimum Gasteiger partial charge on any atom is -0.379 e. The van der Waals surface area contributed by atoms with Crippen LogP contribution in [0, 0.1) is 11.8 Å². The van der Waals surface area contributed by atoms with E-state index in [1.54, 1.807) is 0 Å². The van der Waals surface area contributed by atoms with Gasteiger partial charge in [-0.3, -0.25) is 9.89 Å². The van der Waals surface area contributed by atoms with E-state index in [0.717, 1.165) is 63.7 Å². The Hall–Kier alpha value is -0.0800. The normalized spacial score (nSPS) is 27.2. The van der Waals surface area contributed by atoms with Gasteiger partial charge in [0.25, 0.3) is 0 Å². The SMILES string of the molecule is CCNC(=NCC(C)N1CCOCC1)NCC1CCCC(C)C1.I. The van der Waals surface area contributed by atoms with Crippen molar-refractivity contribution in [3.63, 3.8) is 0 Å². The average molecular weight is 452 g/mol. The van der Waals surface area contributed by atoms with Gasteiger partial charge in [0.05, 0.1) is 19.8 Å². The summed E-state index contributed by atoms with van der Waals surface area (Å²) in [6.07, 6.45) is 5.51. The van der Waals surface area contributed by atoms with E-state index in [2.05, 4.69) is 36.3 Å². The first-order valence-corrected chi connectivity index (χ1v) is 9.53. The Balaban J connectivity index is 0.00000288. The molecule has 0 spiro atoms. The molecule has 1 saturated heterocycles. The smallest absolute Gasteiger partial charge is 0.191 e. The summed E-state index contributed by atoms with van der Waals surface area (Å²) in [5, 5.41) is 6.95. The molecule has 2 N–H and O–H groups in total. The van der Waals surface area contributed by atoms with Gasteiger partial charge >= 0.3 is 0 Å². The van der Waals surface area contributed by atoms with Crippen molar-refractivity contribution in [2.45, 2.75) is 52.5 Å². The molecular formula is C18H37IN4O. The summed E-state index contributed by atoms with van der Waals surface area (Å²) >= 11 is 0. The summed E-state index contributed by atoms with van der Waals surface area (Å²) in [7, 11) is 0. The van der Waals surface area contributed by atoms with Gasteiger partial charge < -0.3 is 15.4 Å². The second-order valence-electron chi connectivity index (χ2n) is 7.24. The lowest BCUT2D eigenvalue weighted by molar-refractivity contribution is 0.0220. The van der Waals surface area contributed by atoms with Crippen LogP contribution in [0.3, 0.4) is 0 Å². The third-order valence-corrected chi connectivity index (χ3v) is 5.13. The molecule has 0 aromatic rings. The molecule has 6 heteroatoms. The fraction of sp³-hybridized carbons (Fsp3) is 0.944. The molecule has 142 valence electrons. The van der Waals surface area contributed by atoms with Crippen LogP contribution >= 0.6 is 24.0 Å². The highest BCUT2D eigenvalue weighted by atomic mass is 127. The van der Waals surface area contributed by atoms with Crippen LogP contribution in [-0.2, 0) is 4.74 Å². The van der Waals surface area contributed by atoms with Crippen molar-refractivity contribution in [1.82, 2.24) is 15.5 Å². The number of hydrogen-bond acceptors (Lipinski definition) is 3. The molecule has 1 aliphatic heterocycles. The first-order chi connectivity index (χ1) is 11.2. The third kappa shape index (κ3) is 7.87. The highest BCUT2D eigenvalue weighted by molar-refractivity contribution is 14.0. The lowest BCUT2D eigenvalue weighted by Gasteiger charge is -2.31. The minimum absolute atomic E-state index is 0. The molecule has 3 unspecified atom stereocenters. The van der Waals surface area contributed by atoms with E-state index in [-0.39, 0.29) is 24.0 Å². The van der Waals surface area contributed by atoms with Crippen molar-refractivity contribution in [3.05, 3.63) is 0 Å². The number of halogens is 1. The lowest BCUT2D eigenvalue weighted by Crippen LogP contribution is -2.45. The quantitative estimate of drug-likeness (QED) is 0.370. The standard InChI is InChI=1S/C18H36N4O.HI/c1-4-19-18(21-14-17-7-5-6-15(2)12-17)20-13-16(3)22-8-10-23-11-9-22;/h15-17H,4-14H2,1-3H3,(H2,19,20,21);1H. The first kappa shape index (κ1) is 22.0. The number of rotatable bonds is 6. The minimum atomic E-state index is 0. The summed E-state index contributed by atoms with van der Waals surface area (Å²) in [6, 6.07) is 0.476. The molecule has 1 heterocycles. The molecule has 0 aromatic carbocycles. The fourth-order valence-corrected chi connectivity index (χ4v) is 3.68. The Morgan fingerprint density at radius 3 is 2.67 bits per heavy atom. The zero-order valence-corrected chi connectivity index (χ0v) is 18.1. The Bertz CT molecular complexity index is 361. The monoisotopic (exact) mass is 452 g/mol. The topological polar surface area (TPSA) is 48.9 Å². The molecule has 5 nitrogen and oxygen atoms in total. The van der Waals surface area contributed by atoms with E-state index in [1.807, 2.05) is 0 Å². The van der Waals surface area contributed by atoms with Gasteiger partial charge in [-0.1, -0.05) is 19.8 Å². The molecule has 24 heavy (non-hydrogen) atoms. The molecule has 1 saturated carbocycles. The number of nitrogens with one attached hydrogen (secondary N) is 2. The van der Waals surface area contributed by atoms with Crippen LogP contribution in [-0.4, -0.2) is 62.8 Å². The number of ether oxygens (including phenoxy) is 1. The summed E-state index contributed by atoms with van der Waals surface area (Å²) in [4.78, 5) is 7.28. The number of morpholine rings is 1. The van der Waals surface area contributed by atoms with Gasteiger partial charge in [0.1, 0.15) is 0 Å². The predicted molar refractivity (Wildman–Crippen MR) is 112 cm³/mol. The van der Waals surface area contributed by atoms with Crippen LogP contribution in [0.5, 0.6) is 0 Å². The van der Waals surface area contributed by atoms with Gasteiger partial charge in [0.2, 0.25) is 0 Å². The zero-order valence-electron chi connectivity index (χ0n) is 15.7. The van der Waals surface area contributed by atoms with E-state index < -0.39 is 0 Å². The van der Waals surface area contributed by atoms with E-state index in [1.165, 1.54) is 25.7 Å². The second-order valence-corrected chi connectivity index (χ2v) is 7.24. The molecule has 0 radical (unpaired) electrons. The number of guanidine groups is 1. The molecule has 2 rings (SSSR count). The summed E-state index contributed by atoms with van der Waals surface area (Å²) in [5.41, 5.74) is 0. The van der Waals surface area contributed by atoms with Crippen LogP contribution in [0.4, 0.5) is 0 Å². The van der Waals surface area contributed by atoms with Crippen molar-refractivity contribution in [2.75, 3.05) is 45.9 Å². The number of aliphatic imine (C=N–C) groups is 1. The Morgan fingerprint density at radius 2 is 2.00 bits per heavy atom. The maximum absolute atomic E-state index is 5.43. The third-order valence-electron chi connectivity index (χ3n) is 5.13. The molecule has 3 atom stereocenters. The highest BCUT2D eigenvalue weighted by Gasteiger charge is 2.19. The van der Waals surface area contributed by atoms with Crippen molar-refractivity contribution < 1.29 is 4.74 Å².